The number of anilines is 1. The number of aromatic nitrogens is 2. The van der Waals surface area contributed by atoms with Gasteiger partial charge >= 0.3 is 0 Å². The lowest BCUT2D eigenvalue weighted by Gasteiger charge is -2.01. The molecule has 0 bridgehead atoms. The van der Waals surface area contributed by atoms with Crippen molar-refractivity contribution in [3.63, 3.8) is 0 Å². The number of nitrogens with zero attached hydrogens (tertiary/aromatic N) is 2. The number of nitrogens with two attached hydrogens (primary N) is 1. The second kappa shape index (κ2) is 4.47. The highest BCUT2D eigenvalue weighted by molar-refractivity contribution is 7.15. The van der Waals surface area contributed by atoms with Crippen LogP contribution in [0, 0.1) is 0 Å². The second-order valence-electron chi connectivity index (χ2n) is 4.43. The summed E-state index contributed by atoms with van der Waals surface area (Å²) in [6.07, 6.45) is 0. The molecule has 0 amide bonds. The first-order valence-corrected chi connectivity index (χ1v) is 7.95. The first-order chi connectivity index (χ1) is 9.84. The standard InChI is InChI=1S/C15H11N3S2/c16-14-13(12-7-4-8-19-12)17-15-18(14)11(9-20-15)10-5-2-1-3-6-10/h1-9H,16H2. The Morgan fingerprint density at radius 3 is 2.60 bits per heavy atom. The van der Waals surface area contributed by atoms with Crippen molar-refractivity contribution in [1.82, 2.24) is 9.38 Å². The number of rotatable bonds is 2. The van der Waals surface area contributed by atoms with E-state index >= 15 is 0 Å². The molecule has 0 fully saturated rings. The molecule has 3 heterocycles. The van der Waals surface area contributed by atoms with Crippen molar-refractivity contribution < 1.29 is 0 Å². The van der Waals surface area contributed by atoms with E-state index in [1.54, 1.807) is 22.7 Å². The van der Waals surface area contributed by atoms with Crippen molar-refractivity contribution in [1.29, 1.82) is 0 Å². The van der Waals surface area contributed by atoms with Gasteiger partial charge in [-0.3, -0.25) is 4.40 Å². The van der Waals surface area contributed by atoms with Crippen LogP contribution in [0.15, 0.2) is 53.2 Å². The van der Waals surface area contributed by atoms with E-state index in [-0.39, 0.29) is 0 Å². The van der Waals surface area contributed by atoms with Gasteiger partial charge in [0.15, 0.2) is 4.96 Å². The number of hydrogen-bond donors (Lipinski definition) is 1. The summed E-state index contributed by atoms with van der Waals surface area (Å²) in [6, 6.07) is 14.3. The van der Waals surface area contributed by atoms with Crippen molar-refractivity contribution in [3.05, 3.63) is 53.2 Å². The maximum absolute atomic E-state index is 6.33. The number of fused-ring (bicyclic) bond motifs is 1. The summed E-state index contributed by atoms with van der Waals surface area (Å²) in [7, 11) is 0. The molecule has 2 N–H and O–H groups in total. The van der Waals surface area contributed by atoms with Gasteiger partial charge in [-0.05, 0) is 17.0 Å². The molecule has 0 aliphatic rings. The van der Waals surface area contributed by atoms with Crippen LogP contribution in [0.25, 0.3) is 26.8 Å². The summed E-state index contributed by atoms with van der Waals surface area (Å²) < 4.78 is 2.04. The summed E-state index contributed by atoms with van der Waals surface area (Å²) in [5, 5.41) is 4.15. The van der Waals surface area contributed by atoms with E-state index in [4.69, 9.17) is 5.73 Å². The molecule has 0 spiro atoms. The quantitative estimate of drug-likeness (QED) is 0.597. The van der Waals surface area contributed by atoms with Crippen molar-refractivity contribution in [2.24, 2.45) is 0 Å². The molecule has 0 saturated carbocycles. The zero-order chi connectivity index (χ0) is 13.5. The van der Waals surface area contributed by atoms with Crippen LogP contribution in [0.4, 0.5) is 5.82 Å². The van der Waals surface area contributed by atoms with Gasteiger partial charge in [-0.15, -0.1) is 22.7 Å². The number of hydrogen-bond acceptors (Lipinski definition) is 4. The summed E-state index contributed by atoms with van der Waals surface area (Å²) in [6.45, 7) is 0. The third kappa shape index (κ3) is 1.67. The van der Waals surface area contributed by atoms with E-state index in [2.05, 4.69) is 28.6 Å². The molecule has 0 aliphatic carbocycles. The number of thiazole rings is 1. The fraction of sp³-hybridized carbons (Fsp3) is 0. The minimum Gasteiger partial charge on any atom is -0.383 e. The molecule has 1 aromatic carbocycles. The van der Waals surface area contributed by atoms with Gasteiger partial charge in [0.05, 0.1) is 10.6 Å². The Bertz CT molecular complexity index is 857. The minimum atomic E-state index is 0.711. The molecule has 0 aliphatic heterocycles. The number of imidazole rings is 1. The first-order valence-electron chi connectivity index (χ1n) is 6.19. The lowest BCUT2D eigenvalue weighted by molar-refractivity contribution is 1.24. The Balaban J connectivity index is 1.97. The van der Waals surface area contributed by atoms with Crippen LogP contribution < -0.4 is 5.73 Å². The van der Waals surface area contributed by atoms with Crippen LogP contribution in [-0.4, -0.2) is 9.38 Å². The number of thiophene rings is 1. The van der Waals surface area contributed by atoms with Crippen LogP contribution in [-0.2, 0) is 0 Å². The van der Waals surface area contributed by atoms with Gasteiger partial charge in [-0.1, -0.05) is 36.4 Å². The average Bonchev–Trinajstić information content (AvgIpc) is 3.18. The summed E-state index contributed by atoms with van der Waals surface area (Å²) in [4.78, 5) is 6.71. The van der Waals surface area contributed by atoms with E-state index in [0.717, 1.165) is 26.8 Å². The van der Waals surface area contributed by atoms with Gasteiger partial charge in [0.2, 0.25) is 0 Å². The second-order valence-corrected chi connectivity index (χ2v) is 6.21. The number of nitrogen functional groups attached to an aromatic ring is 1. The Morgan fingerprint density at radius 2 is 1.85 bits per heavy atom. The van der Waals surface area contributed by atoms with Gasteiger partial charge < -0.3 is 5.73 Å². The van der Waals surface area contributed by atoms with Crippen molar-refractivity contribution in [2.75, 3.05) is 5.73 Å². The van der Waals surface area contributed by atoms with Crippen LogP contribution in [0.1, 0.15) is 0 Å². The Labute approximate surface area is 124 Å². The normalized spacial score (nSPS) is 11.2. The molecule has 0 radical (unpaired) electrons. The summed E-state index contributed by atoms with van der Waals surface area (Å²) in [5.41, 5.74) is 9.45. The zero-order valence-electron chi connectivity index (χ0n) is 10.5. The Kier molecular flexibility index (Phi) is 2.61. The maximum atomic E-state index is 6.33. The Hall–Kier alpha value is -2.11. The molecule has 3 nitrogen and oxygen atoms in total. The van der Waals surface area contributed by atoms with Crippen LogP contribution in [0.3, 0.4) is 0 Å². The van der Waals surface area contributed by atoms with Gasteiger partial charge in [-0.2, -0.15) is 0 Å². The Morgan fingerprint density at radius 1 is 1.00 bits per heavy atom. The number of benzene rings is 1. The van der Waals surface area contributed by atoms with E-state index in [9.17, 15) is 0 Å². The predicted molar refractivity (Wildman–Crippen MR) is 86.2 cm³/mol. The fourth-order valence-corrected chi connectivity index (χ4v) is 3.91. The van der Waals surface area contributed by atoms with Crippen LogP contribution in [0.5, 0.6) is 0 Å². The van der Waals surface area contributed by atoms with E-state index in [1.165, 1.54) is 0 Å². The minimum absolute atomic E-state index is 0.711. The third-order valence-electron chi connectivity index (χ3n) is 3.22. The van der Waals surface area contributed by atoms with Crippen molar-refractivity contribution in [3.8, 4) is 21.8 Å². The van der Waals surface area contributed by atoms with E-state index in [0.29, 0.717) is 5.82 Å². The molecule has 5 heteroatoms. The predicted octanol–water partition coefficient (Wildman–Crippen LogP) is 4.37. The van der Waals surface area contributed by atoms with Gasteiger partial charge in [-0.25, -0.2) is 4.98 Å². The SMILES string of the molecule is Nc1c(-c2cccs2)nc2scc(-c3ccccc3)n12. The zero-order valence-corrected chi connectivity index (χ0v) is 12.1. The van der Waals surface area contributed by atoms with Crippen LogP contribution in [0.2, 0.25) is 0 Å². The molecule has 3 aromatic heterocycles. The van der Waals surface area contributed by atoms with Crippen LogP contribution >= 0.6 is 22.7 Å². The molecule has 98 valence electrons. The highest BCUT2D eigenvalue weighted by Gasteiger charge is 2.16. The van der Waals surface area contributed by atoms with Gasteiger partial charge in [0.25, 0.3) is 0 Å². The summed E-state index contributed by atoms with van der Waals surface area (Å²) in [5.74, 6) is 0.711. The highest BCUT2D eigenvalue weighted by Crippen LogP contribution is 2.35. The molecular formula is C15H11N3S2. The van der Waals surface area contributed by atoms with Gasteiger partial charge in [0.1, 0.15) is 11.5 Å². The van der Waals surface area contributed by atoms with Gasteiger partial charge in [0, 0.05) is 5.38 Å². The maximum Gasteiger partial charge on any atom is 0.196 e. The molecular weight excluding hydrogens is 286 g/mol. The average molecular weight is 297 g/mol. The lowest BCUT2D eigenvalue weighted by atomic mass is 10.2. The highest BCUT2D eigenvalue weighted by atomic mass is 32.1. The fourth-order valence-electron chi connectivity index (χ4n) is 2.29. The van der Waals surface area contributed by atoms with E-state index in [1.807, 2.05) is 34.0 Å². The smallest absolute Gasteiger partial charge is 0.196 e. The van der Waals surface area contributed by atoms with Crippen molar-refractivity contribution >= 4 is 33.5 Å². The lowest BCUT2D eigenvalue weighted by Crippen LogP contribution is -1.94. The molecule has 20 heavy (non-hydrogen) atoms. The largest absolute Gasteiger partial charge is 0.383 e. The topological polar surface area (TPSA) is 43.3 Å². The molecule has 0 saturated heterocycles. The first kappa shape index (κ1) is 11.7. The molecule has 0 unspecified atom stereocenters. The van der Waals surface area contributed by atoms with E-state index < -0.39 is 0 Å². The third-order valence-corrected chi connectivity index (χ3v) is 4.93. The summed E-state index contributed by atoms with van der Waals surface area (Å²) >= 11 is 3.28. The van der Waals surface area contributed by atoms with Crippen molar-refractivity contribution in [2.45, 2.75) is 0 Å². The monoisotopic (exact) mass is 297 g/mol. The molecule has 4 rings (SSSR count). The molecule has 0 atom stereocenters. The molecule has 4 aromatic rings.